The number of thiazole rings is 1. The van der Waals surface area contributed by atoms with Crippen molar-refractivity contribution in [3.63, 3.8) is 0 Å². The van der Waals surface area contributed by atoms with Crippen LogP contribution in [0.1, 0.15) is 18.4 Å². The first-order valence-corrected chi connectivity index (χ1v) is 8.00. The average Bonchev–Trinajstić information content (AvgIpc) is 2.97. The Labute approximate surface area is 130 Å². The number of likely N-dealkylation sites (N-methyl/N-ethyl adjacent to an activating group) is 2. The molecule has 0 radical (unpaired) electrons. The molecule has 0 atom stereocenters. The fraction of sp³-hybridized carbons (Fsp3) is 0.643. The molecule has 0 aliphatic carbocycles. The molecule has 0 fully saturated rings. The fourth-order valence-electron chi connectivity index (χ4n) is 1.58. The monoisotopic (exact) mass is 311 g/mol. The number of carbonyl (C=O) groups is 1. The van der Waals surface area contributed by atoms with Crippen LogP contribution < -0.4 is 5.32 Å². The molecule has 118 valence electrons. The molecule has 0 aliphatic rings. The van der Waals surface area contributed by atoms with Crippen LogP contribution in [0, 0.1) is 0 Å². The zero-order chi connectivity index (χ0) is 15.7. The van der Waals surface area contributed by atoms with Gasteiger partial charge in [-0.25, -0.2) is 9.98 Å². The largest absolute Gasteiger partial charge is 0.356 e. The van der Waals surface area contributed by atoms with Crippen LogP contribution in [0.15, 0.2) is 16.6 Å². The van der Waals surface area contributed by atoms with E-state index in [-0.39, 0.29) is 12.5 Å². The highest BCUT2D eigenvalue weighted by Crippen LogP contribution is 2.05. The fourth-order valence-corrected chi connectivity index (χ4v) is 2.19. The number of nitrogens with one attached hydrogen (secondary N) is 1. The first-order valence-electron chi connectivity index (χ1n) is 7.12. The highest BCUT2D eigenvalue weighted by Gasteiger charge is 2.09. The smallest absolute Gasteiger partial charge is 0.243 e. The molecule has 0 unspecified atom stereocenters. The first kappa shape index (κ1) is 17.4. The molecule has 1 aromatic rings. The van der Waals surface area contributed by atoms with Crippen LogP contribution in [-0.4, -0.2) is 67.4 Å². The summed E-state index contributed by atoms with van der Waals surface area (Å²) in [6, 6.07) is 0. The van der Waals surface area contributed by atoms with Crippen molar-refractivity contribution in [2.75, 3.05) is 40.8 Å². The van der Waals surface area contributed by atoms with Crippen LogP contribution in [0.2, 0.25) is 0 Å². The minimum Gasteiger partial charge on any atom is -0.356 e. The minimum absolute atomic E-state index is 0.000813. The molecule has 1 aromatic heterocycles. The van der Waals surface area contributed by atoms with Gasteiger partial charge in [0, 0.05) is 52.2 Å². The quantitative estimate of drug-likeness (QED) is 0.604. The summed E-state index contributed by atoms with van der Waals surface area (Å²) >= 11 is 1.66. The van der Waals surface area contributed by atoms with Gasteiger partial charge in [-0.05, 0) is 6.42 Å². The number of aromatic nitrogens is 1. The Balaban J connectivity index is 2.57. The summed E-state index contributed by atoms with van der Waals surface area (Å²) in [7, 11) is 5.46. The van der Waals surface area contributed by atoms with Crippen LogP contribution in [0.4, 0.5) is 0 Å². The van der Waals surface area contributed by atoms with Crippen molar-refractivity contribution in [3.8, 4) is 0 Å². The molecule has 0 spiro atoms. The van der Waals surface area contributed by atoms with Crippen LogP contribution in [0.3, 0.4) is 0 Å². The molecule has 0 aliphatic heterocycles. The van der Waals surface area contributed by atoms with Gasteiger partial charge in [-0.3, -0.25) is 4.79 Å². The minimum atomic E-state index is -0.000813. The van der Waals surface area contributed by atoms with Crippen LogP contribution in [0.25, 0.3) is 0 Å². The second-order valence-corrected chi connectivity index (χ2v) is 5.93. The van der Waals surface area contributed by atoms with Crippen molar-refractivity contribution in [2.45, 2.75) is 19.8 Å². The lowest BCUT2D eigenvalue weighted by molar-refractivity contribution is -0.127. The molecule has 21 heavy (non-hydrogen) atoms. The van der Waals surface area contributed by atoms with Gasteiger partial charge in [0.15, 0.2) is 5.96 Å². The molecular formula is C14H25N5OS. The lowest BCUT2D eigenvalue weighted by Crippen LogP contribution is -2.41. The maximum Gasteiger partial charge on any atom is 0.243 e. The van der Waals surface area contributed by atoms with E-state index in [4.69, 9.17) is 0 Å². The van der Waals surface area contributed by atoms with E-state index in [0.717, 1.165) is 36.9 Å². The number of rotatable bonds is 7. The summed E-state index contributed by atoms with van der Waals surface area (Å²) < 4.78 is 0. The Hall–Kier alpha value is -1.63. The van der Waals surface area contributed by atoms with Gasteiger partial charge < -0.3 is 15.1 Å². The molecule has 7 heteroatoms. The van der Waals surface area contributed by atoms with E-state index >= 15 is 0 Å². The van der Waals surface area contributed by atoms with Crippen LogP contribution in [0.5, 0.6) is 0 Å². The average molecular weight is 311 g/mol. The Morgan fingerprint density at radius 1 is 1.43 bits per heavy atom. The van der Waals surface area contributed by atoms with Gasteiger partial charge >= 0.3 is 0 Å². The predicted octanol–water partition coefficient (Wildman–Crippen LogP) is 1.06. The molecule has 6 nitrogen and oxygen atoms in total. The number of hydrogen-bond donors (Lipinski definition) is 1. The Bertz CT molecular complexity index is 444. The first-order chi connectivity index (χ1) is 10.0. The zero-order valence-corrected chi connectivity index (χ0v) is 14.1. The van der Waals surface area contributed by atoms with Crippen molar-refractivity contribution in [2.24, 2.45) is 4.99 Å². The number of hydrogen-bond acceptors (Lipinski definition) is 4. The maximum atomic E-state index is 11.7. The number of carbonyl (C=O) groups excluding carboxylic acids is 1. The standard InChI is InChI=1S/C14H25N5OS/c1-5-7-16-14(17-11-13(20)18(2)3)19(4)9-6-12-15-8-10-21-12/h8,10H,5-7,9,11H2,1-4H3,(H,16,17). The van der Waals surface area contributed by atoms with E-state index < -0.39 is 0 Å². The SMILES string of the molecule is CCCNC(=NCC(=O)N(C)C)N(C)CCc1nccs1. The van der Waals surface area contributed by atoms with E-state index in [1.807, 2.05) is 23.5 Å². The van der Waals surface area contributed by atoms with Gasteiger partial charge in [0.1, 0.15) is 6.54 Å². The lowest BCUT2D eigenvalue weighted by Gasteiger charge is -2.22. The summed E-state index contributed by atoms with van der Waals surface area (Å²) in [5.41, 5.74) is 0. The van der Waals surface area contributed by atoms with Gasteiger partial charge in [-0.2, -0.15) is 0 Å². The predicted molar refractivity (Wildman–Crippen MR) is 87.7 cm³/mol. The number of aliphatic imine (C=N–C) groups is 1. The molecule has 1 N–H and O–H groups in total. The van der Waals surface area contributed by atoms with Crippen LogP contribution >= 0.6 is 11.3 Å². The van der Waals surface area contributed by atoms with Crippen molar-refractivity contribution in [3.05, 3.63) is 16.6 Å². The number of amides is 1. The Morgan fingerprint density at radius 2 is 2.19 bits per heavy atom. The Morgan fingerprint density at radius 3 is 2.76 bits per heavy atom. The van der Waals surface area contributed by atoms with Crippen molar-refractivity contribution >= 4 is 23.2 Å². The lowest BCUT2D eigenvalue weighted by atomic mass is 10.4. The van der Waals surface area contributed by atoms with Crippen molar-refractivity contribution in [1.29, 1.82) is 0 Å². The van der Waals surface area contributed by atoms with E-state index in [1.165, 1.54) is 0 Å². The van der Waals surface area contributed by atoms with Gasteiger partial charge in [0.25, 0.3) is 0 Å². The Kier molecular flexibility index (Phi) is 7.74. The van der Waals surface area contributed by atoms with E-state index in [9.17, 15) is 4.79 Å². The highest BCUT2D eigenvalue weighted by molar-refractivity contribution is 7.09. The van der Waals surface area contributed by atoms with Gasteiger partial charge in [-0.1, -0.05) is 6.92 Å². The van der Waals surface area contributed by atoms with Crippen LogP contribution in [-0.2, 0) is 11.2 Å². The normalized spacial score (nSPS) is 11.3. The highest BCUT2D eigenvalue weighted by atomic mass is 32.1. The summed E-state index contributed by atoms with van der Waals surface area (Å²) in [5, 5.41) is 6.38. The van der Waals surface area contributed by atoms with E-state index in [1.54, 1.807) is 30.3 Å². The number of nitrogens with zero attached hydrogens (tertiary/aromatic N) is 4. The van der Waals surface area contributed by atoms with E-state index in [0.29, 0.717) is 0 Å². The molecule has 1 amide bonds. The molecule has 0 saturated carbocycles. The maximum absolute atomic E-state index is 11.7. The third kappa shape index (κ3) is 6.57. The van der Waals surface area contributed by atoms with Gasteiger partial charge in [0.05, 0.1) is 5.01 Å². The summed E-state index contributed by atoms with van der Waals surface area (Å²) in [4.78, 5) is 23.9. The topological polar surface area (TPSA) is 60.8 Å². The van der Waals surface area contributed by atoms with Gasteiger partial charge in [0.2, 0.25) is 5.91 Å². The molecule has 0 bridgehead atoms. The molecule has 1 rings (SSSR count). The third-order valence-corrected chi connectivity index (χ3v) is 3.74. The molecule has 1 heterocycles. The number of guanidine groups is 1. The molecule has 0 aromatic carbocycles. The second kappa shape index (κ2) is 9.33. The summed E-state index contributed by atoms with van der Waals surface area (Å²) in [6.07, 6.45) is 3.71. The van der Waals surface area contributed by atoms with Crippen molar-refractivity contribution < 1.29 is 4.79 Å². The third-order valence-electron chi connectivity index (χ3n) is 2.90. The summed E-state index contributed by atoms with van der Waals surface area (Å²) in [6.45, 7) is 3.93. The van der Waals surface area contributed by atoms with E-state index in [2.05, 4.69) is 22.2 Å². The van der Waals surface area contributed by atoms with Crippen molar-refractivity contribution in [1.82, 2.24) is 20.1 Å². The van der Waals surface area contributed by atoms with Gasteiger partial charge in [-0.15, -0.1) is 11.3 Å². The molecular weight excluding hydrogens is 286 g/mol. The zero-order valence-electron chi connectivity index (χ0n) is 13.3. The second-order valence-electron chi connectivity index (χ2n) is 4.95. The molecule has 0 saturated heterocycles. The summed E-state index contributed by atoms with van der Waals surface area (Å²) in [5.74, 6) is 0.766.